The molecule has 29 heavy (non-hydrogen) atoms. The smallest absolute Gasteiger partial charge is 0.185 e. The van der Waals surface area contributed by atoms with Crippen LogP contribution in [0, 0.1) is 5.92 Å². The summed E-state index contributed by atoms with van der Waals surface area (Å²) >= 11 is 0. The molecule has 0 aromatic carbocycles. The van der Waals surface area contributed by atoms with E-state index >= 15 is 0 Å². The molecule has 8 N–H and O–H groups in total. The quantitative estimate of drug-likeness (QED) is 0.330. The molecule has 9 heteroatoms. The zero-order valence-corrected chi connectivity index (χ0v) is 17.5. The first-order chi connectivity index (χ1) is 13.7. The van der Waals surface area contributed by atoms with Crippen LogP contribution in [0.15, 0.2) is 11.8 Å². The van der Waals surface area contributed by atoms with Crippen LogP contribution >= 0.6 is 0 Å². The van der Waals surface area contributed by atoms with E-state index in [1.807, 2.05) is 6.92 Å². The first kappa shape index (κ1) is 22.9. The average Bonchev–Trinajstić information content (AvgIpc) is 2.66. The summed E-state index contributed by atoms with van der Waals surface area (Å²) in [6.45, 7) is 3.60. The Morgan fingerprint density at radius 2 is 2.00 bits per heavy atom. The van der Waals surface area contributed by atoms with E-state index < -0.39 is 42.3 Å². The molecule has 0 bridgehead atoms. The lowest BCUT2D eigenvalue weighted by atomic mass is 9.74. The predicted octanol–water partition coefficient (Wildman–Crippen LogP) is -1.06. The minimum absolute atomic E-state index is 0.0163. The van der Waals surface area contributed by atoms with Crippen LogP contribution in [0.1, 0.15) is 39.5 Å². The van der Waals surface area contributed by atoms with Crippen molar-refractivity contribution in [1.29, 1.82) is 0 Å². The van der Waals surface area contributed by atoms with Crippen LogP contribution in [-0.2, 0) is 14.2 Å². The lowest BCUT2D eigenvalue weighted by molar-refractivity contribution is -0.296. The summed E-state index contributed by atoms with van der Waals surface area (Å²) in [5.74, 6) is 0.581. The van der Waals surface area contributed by atoms with E-state index in [-0.39, 0.29) is 24.7 Å². The maximum absolute atomic E-state index is 11.1. The van der Waals surface area contributed by atoms with Gasteiger partial charge in [-0.05, 0) is 39.3 Å². The second kappa shape index (κ2) is 9.15. The Kier molecular flexibility index (Phi) is 7.23. The Balaban J connectivity index is 1.72. The normalized spacial score (nSPS) is 48.7. The molecular formula is C20H37N3O6. The van der Waals surface area contributed by atoms with Crippen LogP contribution in [0.25, 0.3) is 0 Å². The lowest BCUT2D eigenvalue weighted by Gasteiger charge is -2.49. The SMILES string of the molecule is CCC1=CCCC(C2C(N)CC(N)C(OC3OCC(C)(O)C(NC)C3O)C2O)O1. The van der Waals surface area contributed by atoms with Gasteiger partial charge in [0.05, 0.1) is 24.5 Å². The Morgan fingerprint density at radius 1 is 1.28 bits per heavy atom. The van der Waals surface area contributed by atoms with Crippen LogP contribution in [-0.4, -0.2) is 83.4 Å². The zero-order chi connectivity index (χ0) is 21.3. The molecule has 0 radical (unpaired) electrons. The first-order valence-electron chi connectivity index (χ1n) is 10.6. The molecule has 9 nitrogen and oxygen atoms in total. The van der Waals surface area contributed by atoms with Gasteiger partial charge in [-0.3, -0.25) is 0 Å². The number of ether oxygens (including phenoxy) is 3. The molecule has 10 unspecified atom stereocenters. The molecule has 0 aromatic heterocycles. The first-order valence-corrected chi connectivity index (χ1v) is 10.6. The highest BCUT2D eigenvalue weighted by molar-refractivity contribution is 5.06. The van der Waals surface area contributed by atoms with Crippen molar-refractivity contribution in [3.05, 3.63) is 11.8 Å². The van der Waals surface area contributed by atoms with Gasteiger partial charge in [0.25, 0.3) is 0 Å². The Bertz CT molecular complexity index is 589. The molecule has 2 aliphatic heterocycles. The maximum Gasteiger partial charge on any atom is 0.185 e. The summed E-state index contributed by atoms with van der Waals surface area (Å²) < 4.78 is 17.6. The number of allylic oxidation sites excluding steroid dienone is 2. The van der Waals surface area contributed by atoms with Gasteiger partial charge in [-0.25, -0.2) is 0 Å². The van der Waals surface area contributed by atoms with Gasteiger partial charge in [0, 0.05) is 24.4 Å². The zero-order valence-electron chi connectivity index (χ0n) is 17.5. The molecule has 0 amide bonds. The highest BCUT2D eigenvalue weighted by Crippen LogP contribution is 2.36. The van der Waals surface area contributed by atoms with Gasteiger partial charge in [-0.2, -0.15) is 0 Å². The van der Waals surface area contributed by atoms with E-state index in [0.29, 0.717) is 6.42 Å². The van der Waals surface area contributed by atoms with Gasteiger partial charge < -0.3 is 46.3 Å². The Hall–Kier alpha value is -0.780. The monoisotopic (exact) mass is 415 g/mol. The van der Waals surface area contributed by atoms with Crippen molar-refractivity contribution in [3.8, 4) is 0 Å². The third-order valence-corrected chi connectivity index (χ3v) is 6.53. The van der Waals surface area contributed by atoms with E-state index in [4.69, 9.17) is 25.7 Å². The second-order valence-electron chi connectivity index (χ2n) is 8.78. The molecule has 1 saturated carbocycles. The van der Waals surface area contributed by atoms with E-state index in [0.717, 1.165) is 25.0 Å². The van der Waals surface area contributed by atoms with Gasteiger partial charge in [0.1, 0.15) is 23.9 Å². The largest absolute Gasteiger partial charge is 0.495 e. The predicted molar refractivity (Wildman–Crippen MR) is 107 cm³/mol. The lowest BCUT2D eigenvalue weighted by Crippen LogP contribution is -2.68. The highest BCUT2D eigenvalue weighted by atomic mass is 16.7. The third kappa shape index (κ3) is 4.62. The molecule has 168 valence electrons. The van der Waals surface area contributed by atoms with Crippen molar-refractivity contribution in [2.24, 2.45) is 17.4 Å². The fraction of sp³-hybridized carbons (Fsp3) is 0.900. The van der Waals surface area contributed by atoms with Crippen molar-refractivity contribution in [2.75, 3.05) is 13.7 Å². The fourth-order valence-corrected chi connectivity index (χ4v) is 4.94. The topological polar surface area (TPSA) is 152 Å². The minimum atomic E-state index is -1.25. The van der Waals surface area contributed by atoms with Gasteiger partial charge in [0.2, 0.25) is 0 Å². The molecule has 1 aliphatic carbocycles. The van der Waals surface area contributed by atoms with Crippen LogP contribution in [0.5, 0.6) is 0 Å². The minimum Gasteiger partial charge on any atom is -0.495 e. The van der Waals surface area contributed by atoms with Gasteiger partial charge >= 0.3 is 0 Å². The molecule has 3 aliphatic rings. The molecule has 1 saturated heterocycles. The highest BCUT2D eigenvalue weighted by Gasteiger charge is 2.51. The molecule has 0 aromatic rings. The van der Waals surface area contributed by atoms with Crippen LogP contribution in [0.2, 0.25) is 0 Å². The number of rotatable bonds is 5. The van der Waals surface area contributed by atoms with Crippen molar-refractivity contribution in [3.63, 3.8) is 0 Å². The summed E-state index contributed by atoms with van der Waals surface area (Å²) in [4.78, 5) is 0. The summed E-state index contributed by atoms with van der Waals surface area (Å²) in [5.41, 5.74) is 11.4. The standard InChI is InChI=1S/C20H37N3O6/c1-4-10-6-5-7-13(28-10)14-11(21)8-12(22)17(15(14)24)29-19-16(25)18(23-3)20(2,26)9-27-19/h6,11-19,23-26H,4-5,7-9,21-22H2,1-3H3. The number of nitrogens with two attached hydrogens (primary N) is 2. The van der Waals surface area contributed by atoms with E-state index in [1.54, 1.807) is 14.0 Å². The summed E-state index contributed by atoms with van der Waals surface area (Å²) in [5, 5.41) is 35.1. The van der Waals surface area contributed by atoms with Crippen molar-refractivity contribution in [2.45, 2.75) is 94.0 Å². The number of nitrogens with one attached hydrogen (secondary N) is 1. The summed E-state index contributed by atoms with van der Waals surface area (Å²) in [6.07, 6.45) is 0.910. The van der Waals surface area contributed by atoms with E-state index in [9.17, 15) is 15.3 Å². The summed E-state index contributed by atoms with van der Waals surface area (Å²) in [6, 6.07) is -1.47. The summed E-state index contributed by atoms with van der Waals surface area (Å²) in [7, 11) is 1.65. The third-order valence-electron chi connectivity index (χ3n) is 6.53. The Morgan fingerprint density at radius 3 is 2.66 bits per heavy atom. The van der Waals surface area contributed by atoms with Gasteiger partial charge in [-0.1, -0.05) is 6.92 Å². The van der Waals surface area contributed by atoms with Crippen LogP contribution in [0.4, 0.5) is 0 Å². The molecule has 3 rings (SSSR count). The number of hydrogen-bond acceptors (Lipinski definition) is 9. The average molecular weight is 416 g/mol. The number of likely N-dealkylation sites (N-methyl/N-ethyl adjacent to an activating group) is 1. The second-order valence-corrected chi connectivity index (χ2v) is 8.78. The van der Waals surface area contributed by atoms with Gasteiger partial charge in [0.15, 0.2) is 6.29 Å². The number of aliphatic hydroxyl groups excluding tert-OH is 2. The van der Waals surface area contributed by atoms with Crippen molar-refractivity contribution in [1.82, 2.24) is 5.32 Å². The van der Waals surface area contributed by atoms with Crippen molar-refractivity contribution < 1.29 is 29.5 Å². The number of hydrogen-bond donors (Lipinski definition) is 6. The maximum atomic E-state index is 11.1. The van der Waals surface area contributed by atoms with Crippen LogP contribution < -0.4 is 16.8 Å². The molecule has 2 fully saturated rings. The number of aliphatic hydroxyl groups is 3. The Labute approximate surface area is 172 Å². The van der Waals surface area contributed by atoms with Gasteiger partial charge in [-0.15, -0.1) is 0 Å². The van der Waals surface area contributed by atoms with Crippen molar-refractivity contribution >= 4 is 0 Å². The molecule has 0 spiro atoms. The van der Waals surface area contributed by atoms with E-state index in [2.05, 4.69) is 11.4 Å². The van der Waals surface area contributed by atoms with E-state index in [1.165, 1.54) is 0 Å². The molecule has 2 heterocycles. The molecular weight excluding hydrogens is 378 g/mol. The van der Waals surface area contributed by atoms with Crippen LogP contribution in [0.3, 0.4) is 0 Å². The molecule has 10 atom stereocenters. The fourth-order valence-electron chi connectivity index (χ4n) is 4.94.